The molecule has 5 aliphatic carbocycles. The molecule has 0 N–H and O–H groups in total. The topological polar surface area (TPSA) is 4.93 Å². The highest BCUT2D eigenvalue weighted by Gasteiger charge is 2.61. The first kappa shape index (κ1) is 30.4. The fraction of sp³-hybridized carbons (Fsp3) is 0.185. The number of fused-ring (bicyclic) bond motifs is 8. The Hall–Kier alpha value is -5.92. The van der Waals surface area contributed by atoms with E-state index in [1.54, 1.807) is 11.1 Å². The van der Waals surface area contributed by atoms with Crippen molar-refractivity contribution in [3.63, 3.8) is 0 Å². The molecule has 0 atom stereocenters. The van der Waals surface area contributed by atoms with Crippen LogP contribution in [0.2, 0.25) is 0 Å². The van der Waals surface area contributed by atoms with Crippen LogP contribution in [0.25, 0.3) is 82.4 Å². The average Bonchev–Trinajstić information content (AvgIpc) is 3.72. The average molecular weight is 704 g/mol. The Morgan fingerprint density at radius 3 is 1.56 bits per heavy atom. The van der Waals surface area contributed by atoms with Gasteiger partial charge in [-0.15, -0.1) is 0 Å². The Kier molecular flexibility index (Phi) is 6.13. The Balaban J connectivity index is 1.05. The zero-order valence-electron chi connectivity index (χ0n) is 30.9. The normalized spacial score (nSPS) is 23.3. The third-order valence-electron chi connectivity index (χ3n) is 14.8. The second kappa shape index (κ2) is 11.1. The molecule has 5 aliphatic rings. The number of para-hydroxylation sites is 2. The number of aromatic nitrogens is 1. The van der Waals surface area contributed by atoms with Gasteiger partial charge in [-0.05, 0) is 152 Å². The summed E-state index contributed by atoms with van der Waals surface area (Å²) in [4.78, 5) is 0. The molecule has 0 radical (unpaired) electrons. The Bertz CT molecular complexity index is 2970. The van der Waals surface area contributed by atoms with E-state index in [4.69, 9.17) is 0 Å². The van der Waals surface area contributed by atoms with E-state index in [-0.39, 0.29) is 5.41 Å². The summed E-state index contributed by atoms with van der Waals surface area (Å²) in [6.45, 7) is 0. The van der Waals surface area contributed by atoms with E-state index < -0.39 is 0 Å². The maximum absolute atomic E-state index is 2.59. The van der Waals surface area contributed by atoms with Crippen LogP contribution >= 0.6 is 0 Å². The number of hydrogen-bond donors (Lipinski definition) is 0. The van der Waals surface area contributed by atoms with Crippen LogP contribution in [0.5, 0.6) is 0 Å². The molecular weight excluding hydrogens is 663 g/mol. The van der Waals surface area contributed by atoms with E-state index in [0.29, 0.717) is 0 Å². The van der Waals surface area contributed by atoms with Gasteiger partial charge in [0.25, 0.3) is 0 Å². The first-order chi connectivity index (χ1) is 27.3. The van der Waals surface area contributed by atoms with E-state index in [9.17, 15) is 0 Å². The molecule has 4 fully saturated rings. The van der Waals surface area contributed by atoms with Gasteiger partial charge < -0.3 is 4.57 Å². The van der Waals surface area contributed by atoms with E-state index in [0.717, 1.165) is 23.7 Å². The van der Waals surface area contributed by atoms with Crippen LogP contribution in [0, 0.1) is 23.7 Å². The molecule has 262 valence electrons. The van der Waals surface area contributed by atoms with Gasteiger partial charge in [0.05, 0.1) is 11.0 Å². The number of rotatable bonds is 3. The minimum atomic E-state index is 0.187. The largest absolute Gasteiger partial charge is 0.309 e. The summed E-state index contributed by atoms with van der Waals surface area (Å²) in [5.41, 5.74) is 15.3. The zero-order valence-corrected chi connectivity index (χ0v) is 30.9. The minimum Gasteiger partial charge on any atom is -0.309 e. The lowest BCUT2D eigenvalue weighted by Gasteiger charge is -2.61. The summed E-state index contributed by atoms with van der Waals surface area (Å²) in [6.07, 6.45) is 7.14. The molecule has 1 aromatic heterocycles. The van der Waals surface area contributed by atoms with Crippen LogP contribution in [0.15, 0.2) is 164 Å². The summed E-state index contributed by atoms with van der Waals surface area (Å²) in [5, 5.41) is 7.80. The van der Waals surface area contributed by atoms with Crippen LogP contribution in [0.1, 0.15) is 43.2 Å². The quantitative estimate of drug-likeness (QED) is 0.161. The molecule has 9 aromatic rings. The van der Waals surface area contributed by atoms with Crippen molar-refractivity contribution in [3.8, 4) is 39.1 Å². The standard InChI is InChI=1S/C54H41N/c1-2-12-39(13-3-1)55-50-21-11-9-15-41(50)42-24-22-36(32-51(42)55)53-45-18-6-4-16-43(45)52(44-17-5-7-19-46(44)53)35-23-25-49-47(31-35)40-14-8-10-20-48(40)54(49)37-27-33-26-34(29-37)30-38(54)28-33/h1-25,31-34,37-38H,26-30H2. The second-order valence-corrected chi connectivity index (χ2v) is 17.2. The van der Waals surface area contributed by atoms with Crippen molar-refractivity contribution >= 4 is 43.4 Å². The fourth-order valence-electron chi connectivity index (χ4n) is 13.0. The van der Waals surface area contributed by atoms with Gasteiger partial charge in [0.2, 0.25) is 0 Å². The molecule has 0 amide bonds. The third kappa shape index (κ3) is 3.98. The second-order valence-electron chi connectivity index (χ2n) is 17.2. The minimum absolute atomic E-state index is 0.187. The fourth-order valence-corrected chi connectivity index (χ4v) is 13.0. The molecule has 1 spiro atoms. The maximum atomic E-state index is 2.59. The predicted octanol–water partition coefficient (Wildman–Crippen LogP) is 14.1. The van der Waals surface area contributed by atoms with Crippen LogP contribution in [0.4, 0.5) is 0 Å². The van der Waals surface area contributed by atoms with Gasteiger partial charge >= 0.3 is 0 Å². The summed E-state index contributed by atoms with van der Waals surface area (Å²) in [6, 6.07) is 62.3. The van der Waals surface area contributed by atoms with Gasteiger partial charge in [-0.1, -0.05) is 133 Å². The third-order valence-corrected chi connectivity index (χ3v) is 14.8. The zero-order chi connectivity index (χ0) is 35.8. The first-order valence-corrected chi connectivity index (χ1v) is 20.5. The van der Waals surface area contributed by atoms with Crippen molar-refractivity contribution in [1.29, 1.82) is 0 Å². The molecular formula is C54H41N. The Labute approximate surface area is 321 Å². The van der Waals surface area contributed by atoms with Crippen molar-refractivity contribution in [2.24, 2.45) is 23.7 Å². The molecule has 4 saturated carbocycles. The maximum Gasteiger partial charge on any atom is 0.0547 e. The molecule has 0 saturated heterocycles. The summed E-state index contributed by atoms with van der Waals surface area (Å²) in [5.74, 6) is 3.44. The van der Waals surface area contributed by atoms with E-state index in [2.05, 4.69) is 168 Å². The lowest BCUT2D eigenvalue weighted by Crippen LogP contribution is -2.55. The lowest BCUT2D eigenvalue weighted by atomic mass is 9.43. The van der Waals surface area contributed by atoms with Gasteiger partial charge in [-0.3, -0.25) is 0 Å². The van der Waals surface area contributed by atoms with Crippen molar-refractivity contribution < 1.29 is 0 Å². The van der Waals surface area contributed by atoms with Gasteiger partial charge in [0.1, 0.15) is 0 Å². The smallest absolute Gasteiger partial charge is 0.0547 e. The summed E-state index contributed by atoms with van der Waals surface area (Å²) >= 11 is 0. The Morgan fingerprint density at radius 2 is 0.891 bits per heavy atom. The number of benzene rings is 8. The predicted molar refractivity (Wildman–Crippen MR) is 230 cm³/mol. The van der Waals surface area contributed by atoms with Gasteiger partial charge in [0.15, 0.2) is 0 Å². The monoisotopic (exact) mass is 703 g/mol. The van der Waals surface area contributed by atoms with Crippen molar-refractivity contribution in [3.05, 3.63) is 175 Å². The van der Waals surface area contributed by atoms with Crippen molar-refractivity contribution in [2.45, 2.75) is 37.5 Å². The van der Waals surface area contributed by atoms with Crippen molar-refractivity contribution in [1.82, 2.24) is 4.57 Å². The highest BCUT2D eigenvalue weighted by molar-refractivity contribution is 6.22. The molecule has 1 nitrogen and oxygen atoms in total. The van der Waals surface area contributed by atoms with E-state index >= 15 is 0 Å². The van der Waals surface area contributed by atoms with E-state index in [1.165, 1.54) is 115 Å². The molecule has 0 unspecified atom stereocenters. The molecule has 1 heteroatoms. The van der Waals surface area contributed by atoms with Crippen LogP contribution < -0.4 is 0 Å². The summed E-state index contributed by atoms with van der Waals surface area (Å²) in [7, 11) is 0. The molecule has 8 aromatic carbocycles. The molecule has 55 heavy (non-hydrogen) atoms. The molecule has 0 aliphatic heterocycles. The highest BCUT2D eigenvalue weighted by atomic mass is 15.0. The number of nitrogens with zero attached hydrogens (tertiary/aromatic N) is 1. The number of hydrogen-bond acceptors (Lipinski definition) is 0. The van der Waals surface area contributed by atoms with Crippen molar-refractivity contribution in [2.75, 3.05) is 0 Å². The first-order valence-electron chi connectivity index (χ1n) is 20.5. The summed E-state index contributed by atoms with van der Waals surface area (Å²) < 4.78 is 2.44. The molecule has 4 bridgehead atoms. The van der Waals surface area contributed by atoms with Gasteiger partial charge in [-0.2, -0.15) is 0 Å². The lowest BCUT2D eigenvalue weighted by molar-refractivity contribution is -0.0399. The SMILES string of the molecule is c1ccc(-n2c3ccccc3c3ccc(-c4c5ccccc5c(-c5ccc6c(c5)-c5ccccc5C65C6CC7CC(C6)CC5C7)c5ccccc45)cc32)cc1. The van der Waals surface area contributed by atoms with Gasteiger partial charge in [-0.25, -0.2) is 0 Å². The van der Waals surface area contributed by atoms with E-state index in [1.807, 2.05) is 0 Å². The highest BCUT2D eigenvalue weighted by Crippen LogP contribution is 2.69. The van der Waals surface area contributed by atoms with Crippen LogP contribution in [-0.2, 0) is 5.41 Å². The molecule has 14 rings (SSSR count). The van der Waals surface area contributed by atoms with Crippen LogP contribution in [0.3, 0.4) is 0 Å². The van der Waals surface area contributed by atoms with Crippen LogP contribution in [-0.4, -0.2) is 4.57 Å². The van der Waals surface area contributed by atoms with Gasteiger partial charge in [0, 0.05) is 21.9 Å². The molecule has 1 heterocycles. The Morgan fingerprint density at radius 1 is 0.382 bits per heavy atom.